The number of amides is 1. The van der Waals surface area contributed by atoms with E-state index in [1.165, 1.54) is 0 Å². The summed E-state index contributed by atoms with van der Waals surface area (Å²) in [6.07, 6.45) is 2.54. The summed E-state index contributed by atoms with van der Waals surface area (Å²) in [7, 11) is 0. The minimum atomic E-state index is -0.445. The van der Waals surface area contributed by atoms with Crippen molar-refractivity contribution >= 4 is 6.09 Å². The Morgan fingerprint density at radius 3 is 2.73 bits per heavy atom. The quantitative estimate of drug-likeness (QED) is 0.789. The molecule has 1 aromatic carbocycles. The molecule has 1 N–H and O–H groups in total. The molecule has 1 aliphatic rings. The van der Waals surface area contributed by atoms with Crippen LogP contribution in [0.5, 0.6) is 5.75 Å². The van der Waals surface area contributed by atoms with Crippen molar-refractivity contribution in [2.24, 2.45) is 0 Å². The number of nitriles is 1. The Labute approximate surface area is 156 Å². The van der Waals surface area contributed by atoms with Gasteiger partial charge >= 0.3 is 6.09 Å². The van der Waals surface area contributed by atoms with Gasteiger partial charge in [-0.1, -0.05) is 6.07 Å². The molecule has 26 heavy (non-hydrogen) atoms. The average Bonchev–Trinajstić information content (AvgIpc) is 2.60. The Bertz CT molecular complexity index is 626. The number of hydrogen-bond acceptors (Lipinski definition) is 5. The summed E-state index contributed by atoms with van der Waals surface area (Å²) in [5, 5.41) is 12.4. The third kappa shape index (κ3) is 6.93. The van der Waals surface area contributed by atoms with Crippen LogP contribution in [-0.2, 0) is 4.74 Å². The number of nitrogens with one attached hydrogen (secondary N) is 1. The molecule has 1 fully saturated rings. The van der Waals surface area contributed by atoms with E-state index in [9.17, 15) is 4.79 Å². The molecule has 0 spiro atoms. The van der Waals surface area contributed by atoms with Crippen molar-refractivity contribution in [1.29, 1.82) is 5.26 Å². The van der Waals surface area contributed by atoms with Gasteiger partial charge in [0.1, 0.15) is 11.4 Å². The predicted octanol–water partition coefficient (Wildman–Crippen LogP) is 3.32. The highest BCUT2D eigenvalue weighted by Crippen LogP contribution is 2.16. The molecule has 0 unspecified atom stereocenters. The summed E-state index contributed by atoms with van der Waals surface area (Å²) in [5.74, 6) is 0.731. The first-order valence-corrected chi connectivity index (χ1v) is 9.21. The van der Waals surface area contributed by atoms with E-state index in [0.717, 1.165) is 44.6 Å². The maximum atomic E-state index is 12.0. The van der Waals surface area contributed by atoms with Crippen LogP contribution in [0.4, 0.5) is 4.79 Å². The molecule has 0 aliphatic carbocycles. The highest BCUT2D eigenvalue weighted by Gasteiger charge is 2.26. The molecular weight excluding hydrogens is 330 g/mol. The SMILES string of the molecule is CC(C)(C)OC(=O)N1CCC(NCCCOc2cccc(C#N)c2)CC1. The number of piperidine rings is 1. The monoisotopic (exact) mass is 359 g/mol. The van der Waals surface area contributed by atoms with Crippen LogP contribution in [0.1, 0.15) is 45.6 Å². The van der Waals surface area contributed by atoms with Crippen LogP contribution in [0.25, 0.3) is 0 Å². The van der Waals surface area contributed by atoms with Gasteiger partial charge in [-0.3, -0.25) is 0 Å². The first-order valence-electron chi connectivity index (χ1n) is 9.21. The van der Waals surface area contributed by atoms with E-state index in [-0.39, 0.29) is 6.09 Å². The molecule has 1 saturated heterocycles. The van der Waals surface area contributed by atoms with E-state index < -0.39 is 5.60 Å². The Morgan fingerprint density at radius 2 is 2.08 bits per heavy atom. The van der Waals surface area contributed by atoms with Crippen LogP contribution in [0, 0.1) is 11.3 Å². The van der Waals surface area contributed by atoms with Crippen LogP contribution in [0.3, 0.4) is 0 Å². The second-order valence-corrected chi connectivity index (χ2v) is 7.54. The van der Waals surface area contributed by atoms with Crippen molar-refractivity contribution in [3.8, 4) is 11.8 Å². The summed E-state index contributed by atoms with van der Waals surface area (Å²) >= 11 is 0. The number of carbonyl (C=O) groups is 1. The molecule has 0 radical (unpaired) electrons. The lowest BCUT2D eigenvalue weighted by atomic mass is 10.1. The third-order valence-corrected chi connectivity index (χ3v) is 4.13. The molecule has 0 saturated carbocycles. The zero-order valence-electron chi connectivity index (χ0n) is 16.0. The van der Waals surface area contributed by atoms with Gasteiger partial charge in [-0.15, -0.1) is 0 Å². The van der Waals surface area contributed by atoms with E-state index in [1.807, 2.05) is 32.9 Å². The largest absolute Gasteiger partial charge is 0.494 e. The van der Waals surface area contributed by atoms with E-state index in [0.29, 0.717) is 18.2 Å². The average molecular weight is 359 g/mol. The van der Waals surface area contributed by atoms with Crippen molar-refractivity contribution in [3.63, 3.8) is 0 Å². The Kier molecular flexibility index (Phi) is 7.28. The number of nitrogens with zero attached hydrogens (tertiary/aromatic N) is 2. The Balaban J connectivity index is 1.59. The Morgan fingerprint density at radius 1 is 1.35 bits per heavy atom. The molecule has 0 bridgehead atoms. The van der Waals surface area contributed by atoms with Crippen molar-refractivity contribution in [2.75, 3.05) is 26.2 Å². The van der Waals surface area contributed by atoms with E-state index in [2.05, 4.69) is 11.4 Å². The number of hydrogen-bond donors (Lipinski definition) is 1. The van der Waals surface area contributed by atoms with Gasteiger partial charge in [-0.2, -0.15) is 5.26 Å². The zero-order valence-corrected chi connectivity index (χ0v) is 16.0. The summed E-state index contributed by atoms with van der Waals surface area (Å²) in [6.45, 7) is 8.59. The smallest absolute Gasteiger partial charge is 0.410 e. The zero-order chi connectivity index (χ0) is 19.0. The fourth-order valence-electron chi connectivity index (χ4n) is 2.82. The number of benzene rings is 1. The normalized spacial score (nSPS) is 15.4. The van der Waals surface area contributed by atoms with Crippen LogP contribution >= 0.6 is 0 Å². The maximum absolute atomic E-state index is 12.0. The standard InChI is InChI=1S/C20H29N3O3/c1-20(2,3)26-19(24)23-11-8-17(9-12-23)22-10-5-13-25-18-7-4-6-16(14-18)15-21/h4,6-7,14,17,22H,5,8-13H2,1-3H3. The predicted molar refractivity (Wildman–Crippen MR) is 100 cm³/mol. The lowest BCUT2D eigenvalue weighted by Gasteiger charge is -2.33. The summed E-state index contributed by atoms with van der Waals surface area (Å²) in [6, 6.07) is 9.73. The Hall–Kier alpha value is -2.26. The second kappa shape index (κ2) is 9.44. The minimum absolute atomic E-state index is 0.219. The fraction of sp³-hybridized carbons (Fsp3) is 0.600. The maximum Gasteiger partial charge on any atom is 0.410 e. The van der Waals surface area contributed by atoms with Crippen LogP contribution < -0.4 is 10.1 Å². The molecule has 0 aromatic heterocycles. The molecule has 6 nitrogen and oxygen atoms in total. The van der Waals surface area contributed by atoms with Gasteiger partial charge in [0.15, 0.2) is 0 Å². The van der Waals surface area contributed by atoms with Crippen LogP contribution in [0.2, 0.25) is 0 Å². The number of likely N-dealkylation sites (tertiary alicyclic amines) is 1. The van der Waals surface area contributed by atoms with Gasteiger partial charge < -0.3 is 19.7 Å². The third-order valence-electron chi connectivity index (χ3n) is 4.13. The first-order chi connectivity index (χ1) is 12.4. The number of carbonyl (C=O) groups excluding carboxylic acids is 1. The van der Waals surface area contributed by atoms with Crippen molar-refractivity contribution < 1.29 is 14.3 Å². The molecule has 1 aliphatic heterocycles. The summed E-state index contributed by atoms with van der Waals surface area (Å²) in [5.41, 5.74) is 0.163. The lowest BCUT2D eigenvalue weighted by Crippen LogP contribution is -2.46. The van der Waals surface area contributed by atoms with Gasteiger partial charge in [0.05, 0.1) is 18.2 Å². The van der Waals surface area contributed by atoms with Crippen LogP contribution in [-0.4, -0.2) is 48.9 Å². The van der Waals surface area contributed by atoms with E-state index >= 15 is 0 Å². The molecule has 0 atom stereocenters. The van der Waals surface area contributed by atoms with Gasteiger partial charge in [-0.25, -0.2) is 4.79 Å². The topological polar surface area (TPSA) is 74.6 Å². The summed E-state index contributed by atoms with van der Waals surface area (Å²) < 4.78 is 11.1. The lowest BCUT2D eigenvalue weighted by molar-refractivity contribution is 0.0198. The summed E-state index contributed by atoms with van der Waals surface area (Å²) in [4.78, 5) is 13.8. The van der Waals surface area contributed by atoms with Gasteiger partial charge in [0.25, 0.3) is 0 Å². The molecule has 2 rings (SSSR count). The highest BCUT2D eigenvalue weighted by atomic mass is 16.6. The molecule has 1 amide bonds. The second-order valence-electron chi connectivity index (χ2n) is 7.54. The minimum Gasteiger partial charge on any atom is -0.494 e. The molecule has 1 aromatic rings. The molecule has 142 valence electrons. The molecule has 6 heteroatoms. The van der Waals surface area contributed by atoms with Gasteiger partial charge in [0.2, 0.25) is 0 Å². The van der Waals surface area contributed by atoms with Crippen molar-refractivity contribution in [3.05, 3.63) is 29.8 Å². The fourth-order valence-corrected chi connectivity index (χ4v) is 2.82. The van der Waals surface area contributed by atoms with E-state index in [4.69, 9.17) is 14.7 Å². The van der Waals surface area contributed by atoms with Gasteiger partial charge in [0, 0.05) is 19.1 Å². The number of ether oxygens (including phenoxy) is 2. The van der Waals surface area contributed by atoms with Crippen molar-refractivity contribution in [1.82, 2.24) is 10.2 Å². The highest BCUT2D eigenvalue weighted by molar-refractivity contribution is 5.68. The molecule has 1 heterocycles. The van der Waals surface area contributed by atoms with Crippen molar-refractivity contribution in [2.45, 2.75) is 51.7 Å². The first kappa shape index (κ1) is 20.1. The van der Waals surface area contributed by atoms with Crippen LogP contribution in [0.15, 0.2) is 24.3 Å². The number of rotatable bonds is 6. The van der Waals surface area contributed by atoms with Gasteiger partial charge in [-0.05, 0) is 64.8 Å². The molecular formula is C20H29N3O3. The van der Waals surface area contributed by atoms with E-state index in [1.54, 1.807) is 17.0 Å².